The van der Waals surface area contributed by atoms with Crippen molar-refractivity contribution in [1.29, 1.82) is 0 Å². The van der Waals surface area contributed by atoms with Crippen LogP contribution in [0.1, 0.15) is 32.6 Å². The van der Waals surface area contributed by atoms with Gasteiger partial charge in [0.1, 0.15) is 7.11 Å². The van der Waals surface area contributed by atoms with Crippen LogP contribution in [-0.4, -0.2) is 29.5 Å². The second-order valence-corrected chi connectivity index (χ2v) is 8.00. The highest BCUT2D eigenvalue weighted by molar-refractivity contribution is 7.99. The molecule has 1 unspecified atom stereocenters. The van der Waals surface area contributed by atoms with E-state index >= 15 is 0 Å². The number of oxime groups is 1. The summed E-state index contributed by atoms with van der Waals surface area (Å²) >= 11 is 13.6. The molecule has 0 fully saturated rings. The zero-order chi connectivity index (χ0) is 18.4. The van der Waals surface area contributed by atoms with Crippen LogP contribution in [0.3, 0.4) is 0 Å². The van der Waals surface area contributed by atoms with E-state index in [1.807, 2.05) is 12.1 Å². The average molecular weight is 402 g/mol. The topological polar surface area (TPSA) is 58.9 Å². The number of halogens is 2. The number of hydrogen-bond donors (Lipinski definition) is 1. The van der Waals surface area contributed by atoms with Crippen LogP contribution in [0.25, 0.3) is 0 Å². The molecular formula is C18H21Cl2NO3S. The monoisotopic (exact) mass is 401 g/mol. The standard InChI is InChI=1S/C18H21Cl2NO3S/c1-11(21-24-2)7-14-17(22)8-12(9-18(14)23)5-6-25-13-3-4-15(19)16(20)10-13/h3-4,10,12,22H,5-9H2,1-2H3. The molecule has 25 heavy (non-hydrogen) atoms. The van der Waals surface area contributed by atoms with Gasteiger partial charge in [0.15, 0.2) is 5.78 Å². The van der Waals surface area contributed by atoms with Crippen LogP contribution >= 0.6 is 35.0 Å². The maximum absolute atomic E-state index is 12.3. The molecule has 1 aliphatic rings. The van der Waals surface area contributed by atoms with Gasteiger partial charge in [-0.3, -0.25) is 4.79 Å². The predicted molar refractivity (Wildman–Crippen MR) is 104 cm³/mol. The summed E-state index contributed by atoms with van der Waals surface area (Å²) < 4.78 is 0. The summed E-state index contributed by atoms with van der Waals surface area (Å²) in [5.41, 5.74) is 1.14. The summed E-state index contributed by atoms with van der Waals surface area (Å²) in [6.07, 6.45) is 2.17. The predicted octanol–water partition coefficient (Wildman–Crippen LogP) is 5.68. The molecule has 0 aliphatic heterocycles. The third-order valence-electron chi connectivity index (χ3n) is 4.01. The molecule has 1 atom stereocenters. The molecule has 0 saturated heterocycles. The van der Waals surface area contributed by atoms with Gasteiger partial charge in [-0.2, -0.15) is 0 Å². The van der Waals surface area contributed by atoms with Crippen molar-refractivity contribution in [2.45, 2.75) is 37.5 Å². The van der Waals surface area contributed by atoms with Crippen LogP contribution in [0, 0.1) is 5.92 Å². The number of allylic oxidation sites excluding steroid dienone is 2. The molecule has 1 aromatic carbocycles. The Morgan fingerprint density at radius 1 is 1.36 bits per heavy atom. The molecule has 7 heteroatoms. The fourth-order valence-corrected chi connectivity index (χ4v) is 4.19. The number of hydrogen-bond acceptors (Lipinski definition) is 5. The molecule has 0 heterocycles. The van der Waals surface area contributed by atoms with E-state index < -0.39 is 0 Å². The van der Waals surface area contributed by atoms with Crippen molar-refractivity contribution in [1.82, 2.24) is 0 Å². The molecule has 0 spiro atoms. The lowest BCUT2D eigenvalue weighted by Gasteiger charge is -2.23. The Kier molecular flexibility index (Phi) is 7.66. The van der Waals surface area contributed by atoms with Crippen LogP contribution in [0.5, 0.6) is 0 Å². The van der Waals surface area contributed by atoms with Crippen LogP contribution in [0.4, 0.5) is 0 Å². The van der Waals surface area contributed by atoms with Gasteiger partial charge in [-0.05, 0) is 43.2 Å². The molecule has 4 nitrogen and oxygen atoms in total. The Balaban J connectivity index is 1.88. The summed E-state index contributed by atoms with van der Waals surface area (Å²) in [4.78, 5) is 18.1. The largest absolute Gasteiger partial charge is 0.512 e. The smallest absolute Gasteiger partial charge is 0.162 e. The normalized spacial score (nSPS) is 18.6. The van der Waals surface area contributed by atoms with E-state index in [2.05, 4.69) is 5.16 Å². The Bertz CT molecular complexity index is 704. The number of carbonyl (C=O) groups excluding carboxylic acids is 1. The van der Waals surface area contributed by atoms with Gasteiger partial charge < -0.3 is 9.94 Å². The summed E-state index contributed by atoms with van der Waals surface area (Å²) in [7, 11) is 1.46. The number of Topliss-reactive ketones (excluding diaryl/α,β-unsaturated/α-hetero) is 1. The highest BCUT2D eigenvalue weighted by atomic mass is 35.5. The fraction of sp³-hybridized carbons (Fsp3) is 0.444. The minimum absolute atomic E-state index is 0.000981. The lowest BCUT2D eigenvalue weighted by Crippen LogP contribution is -2.21. The first-order chi connectivity index (χ1) is 11.9. The van der Waals surface area contributed by atoms with Gasteiger partial charge in [0.2, 0.25) is 0 Å². The number of aliphatic hydroxyl groups is 1. The summed E-state index contributed by atoms with van der Waals surface area (Å²) in [6, 6.07) is 5.55. The molecule has 0 amide bonds. The third-order valence-corrected chi connectivity index (χ3v) is 5.77. The number of nitrogens with zero attached hydrogens (tertiary/aromatic N) is 1. The van der Waals surface area contributed by atoms with E-state index in [4.69, 9.17) is 28.0 Å². The van der Waals surface area contributed by atoms with Gasteiger partial charge >= 0.3 is 0 Å². The zero-order valence-electron chi connectivity index (χ0n) is 14.2. The number of aliphatic hydroxyl groups excluding tert-OH is 1. The van der Waals surface area contributed by atoms with E-state index in [1.54, 1.807) is 24.8 Å². The molecular weight excluding hydrogens is 381 g/mol. The van der Waals surface area contributed by atoms with E-state index in [1.165, 1.54) is 7.11 Å². The Morgan fingerprint density at radius 3 is 2.76 bits per heavy atom. The van der Waals surface area contributed by atoms with Gasteiger partial charge in [0, 0.05) is 29.7 Å². The first-order valence-electron chi connectivity index (χ1n) is 7.99. The van der Waals surface area contributed by atoms with Crippen molar-refractivity contribution in [3.05, 3.63) is 39.6 Å². The number of thioether (sulfide) groups is 1. The highest BCUT2D eigenvalue weighted by Crippen LogP contribution is 2.33. The first-order valence-corrected chi connectivity index (χ1v) is 9.73. The number of ketones is 1. The molecule has 0 bridgehead atoms. The zero-order valence-corrected chi connectivity index (χ0v) is 16.5. The van der Waals surface area contributed by atoms with E-state index in [9.17, 15) is 9.90 Å². The number of carbonyl (C=O) groups is 1. The summed E-state index contributed by atoms with van der Waals surface area (Å²) in [6.45, 7) is 1.77. The molecule has 1 N–H and O–H groups in total. The van der Waals surface area contributed by atoms with E-state index in [0.29, 0.717) is 40.6 Å². The lowest BCUT2D eigenvalue weighted by molar-refractivity contribution is -0.117. The minimum atomic E-state index is -0.000981. The maximum Gasteiger partial charge on any atom is 0.162 e. The fourth-order valence-electron chi connectivity index (χ4n) is 2.77. The summed E-state index contributed by atoms with van der Waals surface area (Å²) in [5.74, 6) is 1.19. The SMILES string of the molecule is CON=C(C)CC1=C(O)CC(CCSc2ccc(Cl)c(Cl)c2)CC1=O. The number of rotatable bonds is 7. The summed E-state index contributed by atoms with van der Waals surface area (Å²) in [5, 5.41) is 15.1. The molecule has 0 radical (unpaired) electrons. The molecule has 1 aromatic rings. The van der Waals surface area contributed by atoms with Gasteiger partial charge in [-0.15, -0.1) is 11.8 Å². The average Bonchev–Trinajstić information content (AvgIpc) is 2.54. The first kappa shape index (κ1) is 20.1. The maximum atomic E-state index is 12.3. The quantitative estimate of drug-likeness (QED) is 0.362. The molecule has 2 rings (SSSR count). The van der Waals surface area contributed by atoms with Gasteiger partial charge in [0.25, 0.3) is 0 Å². The molecule has 0 aromatic heterocycles. The molecule has 136 valence electrons. The van der Waals surface area contributed by atoms with Crippen LogP contribution in [0.15, 0.2) is 39.6 Å². The van der Waals surface area contributed by atoms with Crippen molar-refractivity contribution in [3.8, 4) is 0 Å². The third kappa shape index (κ3) is 5.94. The van der Waals surface area contributed by atoms with Crippen LogP contribution < -0.4 is 0 Å². The number of benzene rings is 1. The van der Waals surface area contributed by atoms with Gasteiger partial charge in [-0.1, -0.05) is 28.4 Å². The second kappa shape index (κ2) is 9.51. The van der Waals surface area contributed by atoms with Crippen molar-refractivity contribution in [2.24, 2.45) is 11.1 Å². The Labute approximate surface area is 162 Å². The van der Waals surface area contributed by atoms with E-state index in [0.717, 1.165) is 17.1 Å². The molecule has 1 aliphatic carbocycles. The van der Waals surface area contributed by atoms with Crippen molar-refractivity contribution in [3.63, 3.8) is 0 Å². The van der Waals surface area contributed by atoms with Crippen LogP contribution in [0.2, 0.25) is 10.0 Å². The van der Waals surface area contributed by atoms with Crippen molar-refractivity contribution < 1.29 is 14.7 Å². The van der Waals surface area contributed by atoms with Gasteiger partial charge in [0.05, 0.1) is 21.5 Å². The van der Waals surface area contributed by atoms with Crippen molar-refractivity contribution in [2.75, 3.05) is 12.9 Å². The van der Waals surface area contributed by atoms with Gasteiger partial charge in [-0.25, -0.2) is 0 Å². The second-order valence-electron chi connectivity index (χ2n) is 6.02. The lowest BCUT2D eigenvalue weighted by atomic mass is 9.84. The Morgan fingerprint density at radius 2 is 2.12 bits per heavy atom. The Hall–Kier alpha value is -1.17. The minimum Gasteiger partial charge on any atom is -0.512 e. The van der Waals surface area contributed by atoms with Crippen molar-refractivity contribution >= 4 is 46.5 Å². The highest BCUT2D eigenvalue weighted by Gasteiger charge is 2.27. The van der Waals surface area contributed by atoms with E-state index in [-0.39, 0.29) is 17.5 Å². The molecule has 0 saturated carbocycles. The van der Waals surface area contributed by atoms with Crippen LogP contribution in [-0.2, 0) is 9.63 Å².